The van der Waals surface area contributed by atoms with E-state index in [1.165, 1.54) is 10.9 Å². The van der Waals surface area contributed by atoms with E-state index in [-0.39, 0.29) is 17.4 Å². The van der Waals surface area contributed by atoms with Crippen molar-refractivity contribution in [1.82, 2.24) is 14.3 Å². The molecule has 0 atom stereocenters. The zero-order valence-corrected chi connectivity index (χ0v) is 11.8. The van der Waals surface area contributed by atoms with Gasteiger partial charge in [0.05, 0.1) is 11.9 Å². The molecule has 0 bridgehead atoms. The molecule has 0 radical (unpaired) electrons. The molecule has 1 aromatic rings. The summed E-state index contributed by atoms with van der Waals surface area (Å²) < 4.78 is 28.1. The lowest BCUT2D eigenvalue weighted by Crippen LogP contribution is -2.44. The highest BCUT2D eigenvalue weighted by Gasteiger charge is 2.32. The number of nitrogen functional groups attached to an aromatic ring is 1. The van der Waals surface area contributed by atoms with Crippen LogP contribution in [0.15, 0.2) is 11.4 Å². The number of aliphatic hydroxyl groups is 1. The molecule has 1 aliphatic rings. The van der Waals surface area contributed by atoms with Crippen LogP contribution in [0.4, 0.5) is 5.82 Å². The normalized spacial score (nSPS) is 19.5. The van der Waals surface area contributed by atoms with Gasteiger partial charge in [0.25, 0.3) is 10.0 Å². The lowest BCUT2D eigenvalue weighted by molar-refractivity contribution is 0.00943. The van der Waals surface area contributed by atoms with Crippen LogP contribution < -0.4 is 10.5 Å². The van der Waals surface area contributed by atoms with Gasteiger partial charge >= 0.3 is 0 Å². The molecular weight excluding hydrogens is 268 g/mol. The molecule has 1 fully saturated rings. The predicted molar refractivity (Wildman–Crippen MR) is 70.8 cm³/mol. The van der Waals surface area contributed by atoms with Crippen molar-refractivity contribution in [2.24, 2.45) is 7.05 Å². The van der Waals surface area contributed by atoms with Crippen LogP contribution in [-0.2, 0) is 17.1 Å². The monoisotopic (exact) mass is 288 g/mol. The fraction of sp³-hybridized carbons (Fsp3) is 0.727. The summed E-state index contributed by atoms with van der Waals surface area (Å²) in [6.07, 6.45) is 5.52. The molecule has 108 valence electrons. The van der Waals surface area contributed by atoms with Crippen molar-refractivity contribution in [2.75, 3.05) is 12.3 Å². The van der Waals surface area contributed by atoms with E-state index in [1.54, 1.807) is 7.05 Å². The van der Waals surface area contributed by atoms with E-state index in [4.69, 9.17) is 5.73 Å². The maximum atomic E-state index is 12.2. The van der Waals surface area contributed by atoms with Crippen LogP contribution in [0.1, 0.15) is 32.1 Å². The summed E-state index contributed by atoms with van der Waals surface area (Å²) in [4.78, 5) is 3.75. The molecule has 4 N–H and O–H groups in total. The number of hydrogen-bond donors (Lipinski definition) is 3. The fourth-order valence-corrected chi connectivity index (χ4v) is 3.80. The minimum absolute atomic E-state index is 0.0138. The number of rotatable bonds is 4. The van der Waals surface area contributed by atoms with E-state index < -0.39 is 15.6 Å². The van der Waals surface area contributed by atoms with Gasteiger partial charge in [0.1, 0.15) is 0 Å². The van der Waals surface area contributed by atoms with Crippen LogP contribution >= 0.6 is 0 Å². The first kappa shape index (κ1) is 14.3. The molecule has 1 heterocycles. The number of aryl methyl sites for hydroxylation is 1. The Labute approximate surface area is 112 Å². The van der Waals surface area contributed by atoms with Gasteiger partial charge in [-0.1, -0.05) is 19.3 Å². The predicted octanol–water partition coefficient (Wildman–Crippen LogP) is -0.0242. The number of imidazole rings is 1. The Bertz CT molecular complexity index is 527. The second kappa shape index (κ2) is 5.10. The number of nitrogens with one attached hydrogen (secondary N) is 1. The number of sulfonamides is 1. The topological polar surface area (TPSA) is 110 Å². The maximum absolute atomic E-state index is 12.2. The largest absolute Gasteiger partial charge is 0.389 e. The van der Waals surface area contributed by atoms with Gasteiger partial charge in [-0.15, -0.1) is 0 Å². The second-order valence-electron chi connectivity index (χ2n) is 5.16. The van der Waals surface area contributed by atoms with E-state index in [0.717, 1.165) is 19.3 Å². The number of hydrogen-bond acceptors (Lipinski definition) is 5. The van der Waals surface area contributed by atoms with Crippen molar-refractivity contribution in [1.29, 1.82) is 0 Å². The Balaban J connectivity index is 2.10. The molecule has 0 aromatic carbocycles. The summed E-state index contributed by atoms with van der Waals surface area (Å²) in [5.74, 6) is -0.0365. The molecule has 0 aliphatic heterocycles. The van der Waals surface area contributed by atoms with E-state index in [0.29, 0.717) is 12.8 Å². The number of aromatic nitrogens is 2. The summed E-state index contributed by atoms with van der Waals surface area (Å²) in [5, 5.41) is 10.2. The van der Waals surface area contributed by atoms with Gasteiger partial charge in [0.2, 0.25) is 0 Å². The van der Waals surface area contributed by atoms with E-state index in [9.17, 15) is 13.5 Å². The number of nitrogens with two attached hydrogens (primary N) is 1. The quantitative estimate of drug-likeness (QED) is 0.721. The van der Waals surface area contributed by atoms with Crippen molar-refractivity contribution < 1.29 is 13.5 Å². The molecule has 1 aliphatic carbocycles. The third kappa shape index (κ3) is 3.07. The molecule has 8 heteroatoms. The van der Waals surface area contributed by atoms with Gasteiger partial charge in [0.15, 0.2) is 10.8 Å². The molecule has 1 aromatic heterocycles. The lowest BCUT2D eigenvalue weighted by Gasteiger charge is -2.32. The van der Waals surface area contributed by atoms with E-state index >= 15 is 0 Å². The molecule has 0 saturated heterocycles. The van der Waals surface area contributed by atoms with Crippen LogP contribution in [0.25, 0.3) is 0 Å². The summed E-state index contributed by atoms with van der Waals surface area (Å²) in [6.45, 7) is 0.0138. The molecule has 19 heavy (non-hydrogen) atoms. The third-order valence-electron chi connectivity index (χ3n) is 3.54. The first-order valence-electron chi connectivity index (χ1n) is 6.33. The van der Waals surface area contributed by atoms with Crippen molar-refractivity contribution in [3.05, 3.63) is 6.33 Å². The van der Waals surface area contributed by atoms with Gasteiger partial charge in [-0.25, -0.2) is 18.1 Å². The second-order valence-corrected chi connectivity index (χ2v) is 6.84. The molecule has 1 saturated carbocycles. The first-order chi connectivity index (χ1) is 8.84. The molecule has 0 spiro atoms. The van der Waals surface area contributed by atoms with Gasteiger partial charge in [-0.05, 0) is 12.8 Å². The van der Waals surface area contributed by atoms with Crippen molar-refractivity contribution in [3.8, 4) is 0 Å². The summed E-state index contributed by atoms with van der Waals surface area (Å²) in [7, 11) is -2.19. The average molecular weight is 288 g/mol. The SMILES string of the molecule is Cn1cnc(N)c1S(=O)(=O)NCC1(O)CCCCC1. The summed E-state index contributed by atoms with van der Waals surface area (Å²) in [6, 6.07) is 0. The summed E-state index contributed by atoms with van der Waals surface area (Å²) in [5.41, 5.74) is 4.61. The Morgan fingerprint density at radius 1 is 1.47 bits per heavy atom. The standard InChI is InChI=1S/C11H20N4O3S/c1-15-8-13-9(12)10(15)19(17,18)14-7-11(16)5-3-2-4-6-11/h8,14,16H,2-7,12H2,1H3. The highest BCUT2D eigenvalue weighted by molar-refractivity contribution is 7.89. The molecule has 0 amide bonds. The molecule has 0 unspecified atom stereocenters. The highest BCUT2D eigenvalue weighted by atomic mass is 32.2. The Kier molecular flexibility index (Phi) is 3.84. The molecule has 7 nitrogen and oxygen atoms in total. The summed E-state index contributed by atoms with van der Waals surface area (Å²) >= 11 is 0. The fourth-order valence-electron chi connectivity index (χ4n) is 2.45. The van der Waals surface area contributed by atoms with Gasteiger partial charge < -0.3 is 15.4 Å². The van der Waals surface area contributed by atoms with Gasteiger partial charge in [-0.2, -0.15) is 0 Å². The maximum Gasteiger partial charge on any atom is 0.260 e. The third-order valence-corrected chi connectivity index (χ3v) is 5.07. The van der Waals surface area contributed by atoms with Crippen molar-refractivity contribution in [2.45, 2.75) is 42.7 Å². The minimum atomic E-state index is -3.75. The van der Waals surface area contributed by atoms with Crippen LogP contribution in [0.3, 0.4) is 0 Å². The Hall–Kier alpha value is -1.12. The van der Waals surface area contributed by atoms with Crippen molar-refractivity contribution >= 4 is 15.8 Å². The van der Waals surface area contributed by atoms with E-state index in [1.807, 2.05) is 0 Å². The molecule has 2 rings (SSSR count). The Morgan fingerprint density at radius 3 is 2.63 bits per heavy atom. The van der Waals surface area contributed by atoms with Crippen LogP contribution in [0.2, 0.25) is 0 Å². The van der Waals surface area contributed by atoms with Crippen LogP contribution in [0.5, 0.6) is 0 Å². The van der Waals surface area contributed by atoms with Crippen LogP contribution in [0, 0.1) is 0 Å². The van der Waals surface area contributed by atoms with Gasteiger partial charge in [-0.3, -0.25) is 0 Å². The zero-order valence-electron chi connectivity index (χ0n) is 11.0. The molecular formula is C11H20N4O3S. The average Bonchev–Trinajstić information content (AvgIpc) is 2.68. The zero-order chi connectivity index (χ0) is 14.1. The van der Waals surface area contributed by atoms with Crippen LogP contribution in [-0.4, -0.2) is 35.2 Å². The van der Waals surface area contributed by atoms with Crippen molar-refractivity contribution in [3.63, 3.8) is 0 Å². The number of nitrogens with zero attached hydrogens (tertiary/aromatic N) is 2. The minimum Gasteiger partial charge on any atom is -0.389 e. The number of anilines is 1. The first-order valence-corrected chi connectivity index (χ1v) is 7.81. The van der Waals surface area contributed by atoms with E-state index in [2.05, 4.69) is 9.71 Å². The Morgan fingerprint density at radius 2 is 2.11 bits per heavy atom. The highest BCUT2D eigenvalue weighted by Crippen LogP contribution is 2.28. The smallest absolute Gasteiger partial charge is 0.260 e. The lowest BCUT2D eigenvalue weighted by atomic mass is 9.85. The van der Waals surface area contributed by atoms with Gasteiger partial charge in [0, 0.05) is 13.6 Å².